The van der Waals surface area contributed by atoms with Gasteiger partial charge in [-0.25, -0.2) is 0 Å². The molecule has 2 atom stereocenters. The summed E-state index contributed by atoms with van der Waals surface area (Å²) in [7, 11) is 0. The van der Waals surface area contributed by atoms with E-state index < -0.39 is 0 Å². The zero-order chi connectivity index (χ0) is 15.8. The predicted molar refractivity (Wildman–Crippen MR) is 82.6 cm³/mol. The van der Waals surface area contributed by atoms with E-state index in [1.54, 1.807) is 19.1 Å². The van der Waals surface area contributed by atoms with Crippen LogP contribution in [0, 0.1) is 29.4 Å². The summed E-state index contributed by atoms with van der Waals surface area (Å²) in [4.78, 5) is 10.6. The topological polar surface area (TPSA) is 78.4 Å². The minimum Gasteiger partial charge on any atom is -0.489 e. The molecular weight excluding hydrogens is 268 g/mol. The van der Waals surface area contributed by atoms with Crippen LogP contribution in [0.1, 0.15) is 44.2 Å². The lowest BCUT2D eigenvalue weighted by Gasteiger charge is -2.53. The van der Waals surface area contributed by atoms with Gasteiger partial charge in [-0.05, 0) is 38.3 Å². The van der Waals surface area contributed by atoms with E-state index in [4.69, 9.17) is 10.5 Å². The number of rotatable bonds is 5. The normalized spacial score (nSPS) is 23.5. The number of nitrogens with zero attached hydrogens (tertiary/aromatic N) is 1. The number of aryl methyl sites for hydroxylation is 2. The summed E-state index contributed by atoms with van der Waals surface area (Å²) in [5, 5.41) is 11.0. The molecule has 1 aromatic rings. The Morgan fingerprint density at radius 3 is 2.43 bits per heavy atom. The summed E-state index contributed by atoms with van der Waals surface area (Å²) < 4.78 is 6.16. The van der Waals surface area contributed by atoms with Crippen LogP contribution >= 0.6 is 0 Å². The van der Waals surface area contributed by atoms with Crippen molar-refractivity contribution in [3.8, 4) is 5.75 Å². The summed E-state index contributed by atoms with van der Waals surface area (Å²) in [6.45, 7) is 7.88. The van der Waals surface area contributed by atoms with Crippen LogP contribution in [0.2, 0.25) is 0 Å². The van der Waals surface area contributed by atoms with Crippen LogP contribution in [0.25, 0.3) is 0 Å². The number of nitro benzene ring substituents is 1. The van der Waals surface area contributed by atoms with Gasteiger partial charge in [0.2, 0.25) is 0 Å². The Labute approximate surface area is 125 Å². The minimum atomic E-state index is -0.353. The first-order valence-corrected chi connectivity index (χ1v) is 7.53. The fraction of sp³-hybridized carbons (Fsp3) is 0.625. The standard InChI is InChI=1S/C16H24N2O3/c1-5-16(6-2)14(17)9-15(16)21-13-8-10(3)12(18(19)20)7-11(13)4/h7-8,14-15H,5-6,9,17H2,1-4H3. The molecule has 21 heavy (non-hydrogen) atoms. The van der Waals surface area contributed by atoms with Gasteiger partial charge in [0, 0.05) is 29.5 Å². The Kier molecular flexibility index (Phi) is 4.23. The van der Waals surface area contributed by atoms with Gasteiger partial charge in [0.1, 0.15) is 11.9 Å². The van der Waals surface area contributed by atoms with Gasteiger partial charge in [-0.15, -0.1) is 0 Å². The molecule has 1 saturated carbocycles. The lowest BCUT2D eigenvalue weighted by molar-refractivity contribution is -0.385. The van der Waals surface area contributed by atoms with E-state index >= 15 is 0 Å². The van der Waals surface area contributed by atoms with Gasteiger partial charge < -0.3 is 10.5 Å². The Bertz CT molecular complexity index is 553. The van der Waals surface area contributed by atoms with Gasteiger partial charge in [0.25, 0.3) is 5.69 Å². The molecule has 0 bridgehead atoms. The number of ether oxygens (including phenoxy) is 1. The highest BCUT2D eigenvalue weighted by atomic mass is 16.6. The van der Waals surface area contributed by atoms with Crippen LogP contribution < -0.4 is 10.5 Å². The second-order valence-corrected chi connectivity index (χ2v) is 6.05. The maximum Gasteiger partial charge on any atom is 0.272 e. The van der Waals surface area contributed by atoms with Crippen LogP contribution in [0.4, 0.5) is 5.69 Å². The van der Waals surface area contributed by atoms with Gasteiger partial charge >= 0.3 is 0 Å². The maximum atomic E-state index is 11.0. The first kappa shape index (κ1) is 15.8. The molecular formula is C16H24N2O3. The fourth-order valence-corrected chi connectivity index (χ4v) is 3.42. The molecule has 0 aromatic heterocycles. The summed E-state index contributed by atoms with van der Waals surface area (Å²) in [6.07, 6.45) is 2.92. The van der Waals surface area contributed by atoms with Crippen LogP contribution in [-0.4, -0.2) is 17.1 Å². The average molecular weight is 292 g/mol. The van der Waals surface area contributed by atoms with Crippen molar-refractivity contribution in [1.29, 1.82) is 0 Å². The van der Waals surface area contributed by atoms with E-state index in [0.717, 1.165) is 30.6 Å². The van der Waals surface area contributed by atoms with Crippen molar-refractivity contribution in [1.82, 2.24) is 0 Å². The molecule has 0 saturated heterocycles. The SMILES string of the molecule is CCC1(CC)C(N)CC1Oc1cc(C)c([N+](=O)[O-])cc1C. The molecule has 0 heterocycles. The third-order valence-corrected chi connectivity index (χ3v) is 5.12. The number of nitro groups is 1. The number of hydrogen-bond donors (Lipinski definition) is 1. The molecule has 5 heteroatoms. The molecule has 1 fully saturated rings. The molecule has 2 N–H and O–H groups in total. The Morgan fingerprint density at radius 2 is 1.95 bits per heavy atom. The summed E-state index contributed by atoms with van der Waals surface area (Å²) >= 11 is 0. The second kappa shape index (κ2) is 5.64. The fourth-order valence-electron chi connectivity index (χ4n) is 3.42. The zero-order valence-corrected chi connectivity index (χ0v) is 13.2. The smallest absolute Gasteiger partial charge is 0.272 e. The Morgan fingerprint density at radius 1 is 1.33 bits per heavy atom. The number of nitrogens with two attached hydrogens (primary N) is 1. The maximum absolute atomic E-state index is 11.0. The molecule has 0 radical (unpaired) electrons. The van der Waals surface area contributed by atoms with Crippen molar-refractivity contribution in [2.45, 2.75) is 59.1 Å². The second-order valence-electron chi connectivity index (χ2n) is 6.05. The van der Waals surface area contributed by atoms with E-state index in [0.29, 0.717) is 5.56 Å². The van der Waals surface area contributed by atoms with E-state index in [1.807, 2.05) is 6.92 Å². The third kappa shape index (κ3) is 2.50. The monoisotopic (exact) mass is 292 g/mol. The van der Waals surface area contributed by atoms with Gasteiger partial charge in [0.05, 0.1) is 4.92 Å². The van der Waals surface area contributed by atoms with Gasteiger partial charge in [-0.2, -0.15) is 0 Å². The average Bonchev–Trinajstić information content (AvgIpc) is 2.43. The van der Waals surface area contributed by atoms with Crippen molar-refractivity contribution in [2.24, 2.45) is 11.1 Å². The summed E-state index contributed by atoms with van der Waals surface area (Å²) in [5.74, 6) is 0.737. The molecule has 2 rings (SSSR count). The van der Waals surface area contributed by atoms with E-state index in [2.05, 4.69) is 13.8 Å². The molecule has 0 spiro atoms. The highest BCUT2D eigenvalue weighted by Gasteiger charge is 2.52. The van der Waals surface area contributed by atoms with E-state index in [-0.39, 0.29) is 28.2 Å². The molecule has 1 aromatic carbocycles. The number of hydrogen-bond acceptors (Lipinski definition) is 4. The molecule has 1 aliphatic carbocycles. The van der Waals surface area contributed by atoms with Crippen molar-refractivity contribution in [2.75, 3.05) is 0 Å². The van der Waals surface area contributed by atoms with Crippen LogP contribution in [0.3, 0.4) is 0 Å². The summed E-state index contributed by atoms with van der Waals surface area (Å²) in [6, 6.07) is 3.54. The first-order valence-electron chi connectivity index (χ1n) is 7.53. The molecule has 1 aliphatic rings. The Balaban J connectivity index is 2.25. The van der Waals surface area contributed by atoms with Gasteiger partial charge in [0.15, 0.2) is 0 Å². The van der Waals surface area contributed by atoms with E-state index in [9.17, 15) is 10.1 Å². The first-order chi connectivity index (χ1) is 9.85. The van der Waals surface area contributed by atoms with Crippen LogP contribution in [-0.2, 0) is 0 Å². The molecule has 0 aliphatic heterocycles. The predicted octanol–water partition coefficient (Wildman–Crippen LogP) is 3.50. The van der Waals surface area contributed by atoms with Crippen LogP contribution in [0.15, 0.2) is 12.1 Å². The minimum absolute atomic E-state index is 0.0299. The van der Waals surface area contributed by atoms with Crippen molar-refractivity contribution in [3.63, 3.8) is 0 Å². The number of benzene rings is 1. The summed E-state index contributed by atoms with van der Waals surface area (Å²) in [5.41, 5.74) is 7.78. The van der Waals surface area contributed by atoms with Crippen molar-refractivity contribution >= 4 is 5.69 Å². The molecule has 2 unspecified atom stereocenters. The zero-order valence-electron chi connectivity index (χ0n) is 13.2. The lowest BCUT2D eigenvalue weighted by Crippen LogP contribution is -2.63. The molecule has 5 nitrogen and oxygen atoms in total. The molecule has 0 amide bonds. The highest BCUT2D eigenvalue weighted by Crippen LogP contribution is 2.48. The molecule has 116 valence electrons. The quantitative estimate of drug-likeness (QED) is 0.665. The van der Waals surface area contributed by atoms with Crippen molar-refractivity contribution < 1.29 is 9.66 Å². The van der Waals surface area contributed by atoms with Gasteiger partial charge in [-0.3, -0.25) is 10.1 Å². The highest BCUT2D eigenvalue weighted by molar-refractivity contribution is 5.49. The van der Waals surface area contributed by atoms with Crippen LogP contribution in [0.5, 0.6) is 5.75 Å². The third-order valence-electron chi connectivity index (χ3n) is 5.12. The van der Waals surface area contributed by atoms with Crippen molar-refractivity contribution in [3.05, 3.63) is 33.4 Å². The van der Waals surface area contributed by atoms with E-state index in [1.165, 1.54) is 0 Å². The van der Waals surface area contributed by atoms with Gasteiger partial charge in [-0.1, -0.05) is 13.8 Å². The largest absolute Gasteiger partial charge is 0.489 e. The Hall–Kier alpha value is -1.62. The lowest BCUT2D eigenvalue weighted by atomic mass is 9.59.